The Morgan fingerprint density at radius 2 is 1.77 bits per heavy atom. The highest BCUT2D eigenvalue weighted by molar-refractivity contribution is 6.03. The molecule has 31 heavy (non-hydrogen) atoms. The standard InChI is InChI=1S/C24H26N2O5/c1-3-4-9-25(2)23(30)19-12-20(22(29)13-21(19)28)24(31)26-14-17-8-7-16(6-5-10-27)11-18(17)15-26/h7-8,11-13,27-29H,3-4,9-10,14-15H2,1-2H3. The molecule has 1 aliphatic rings. The van der Waals surface area contributed by atoms with E-state index in [4.69, 9.17) is 5.11 Å². The van der Waals surface area contributed by atoms with Gasteiger partial charge in [0.25, 0.3) is 11.8 Å². The van der Waals surface area contributed by atoms with Crippen molar-refractivity contribution in [2.45, 2.75) is 32.9 Å². The lowest BCUT2D eigenvalue weighted by atomic mass is 10.1. The maximum atomic E-state index is 13.1. The normalized spacial score (nSPS) is 12.2. The zero-order chi connectivity index (χ0) is 22.5. The second kappa shape index (κ2) is 9.54. The third kappa shape index (κ3) is 4.81. The number of fused-ring (bicyclic) bond motifs is 1. The maximum Gasteiger partial charge on any atom is 0.258 e. The molecule has 7 heteroatoms. The molecule has 0 fully saturated rings. The van der Waals surface area contributed by atoms with E-state index in [2.05, 4.69) is 11.8 Å². The molecule has 0 radical (unpaired) electrons. The van der Waals surface area contributed by atoms with Crippen molar-refractivity contribution in [1.29, 1.82) is 0 Å². The summed E-state index contributed by atoms with van der Waals surface area (Å²) < 4.78 is 0. The first-order valence-electron chi connectivity index (χ1n) is 10.2. The molecule has 2 amide bonds. The van der Waals surface area contributed by atoms with Crippen LogP contribution in [0.1, 0.15) is 57.2 Å². The summed E-state index contributed by atoms with van der Waals surface area (Å²) >= 11 is 0. The Morgan fingerprint density at radius 1 is 1.06 bits per heavy atom. The molecule has 7 nitrogen and oxygen atoms in total. The van der Waals surface area contributed by atoms with Gasteiger partial charge in [-0.2, -0.15) is 0 Å². The van der Waals surface area contributed by atoms with Crippen LogP contribution in [0.2, 0.25) is 0 Å². The number of hydrogen-bond donors (Lipinski definition) is 3. The van der Waals surface area contributed by atoms with Gasteiger partial charge in [0.05, 0.1) is 11.1 Å². The fourth-order valence-electron chi connectivity index (χ4n) is 3.55. The Balaban J connectivity index is 1.84. The van der Waals surface area contributed by atoms with Crippen molar-refractivity contribution in [3.8, 4) is 23.3 Å². The first-order chi connectivity index (χ1) is 14.8. The number of carbonyl (C=O) groups is 2. The van der Waals surface area contributed by atoms with Crippen LogP contribution in [-0.2, 0) is 13.1 Å². The first-order valence-corrected chi connectivity index (χ1v) is 10.2. The quantitative estimate of drug-likeness (QED) is 0.643. The maximum absolute atomic E-state index is 13.1. The van der Waals surface area contributed by atoms with E-state index in [0.29, 0.717) is 19.6 Å². The number of nitrogens with zero attached hydrogens (tertiary/aromatic N) is 2. The van der Waals surface area contributed by atoms with Gasteiger partial charge < -0.3 is 25.1 Å². The second-order valence-electron chi connectivity index (χ2n) is 7.57. The summed E-state index contributed by atoms with van der Waals surface area (Å²) in [5.74, 6) is 3.88. The number of unbranched alkanes of at least 4 members (excludes halogenated alkanes) is 1. The van der Waals surface area contributed by atoms with Gasteiger partial charge in [0, 0.05) is 38.3 Å². The van der Waals surface area contributed by atoms with Gasteiger partial charge in [-0.25, -0.2) is 0 Å². The van der Waals surface area contributed by atoms with Gasteiger partial charge in [0.1, 0.15) is 18.1 Å². The number of hydrogen-bond acceptors (Lipinski definition) is 5. The minimum Gasteiger partial charge on any atom is -0.507 e. The summed E-state index contributed by atoms with van der Waals surface area (Å²) in [5.41, 5.74) is 2.61. The van der Waals surface area contributed by atoms with Gasteiger partial charge in [0.15, 0.2) is 0 Å². The van der Waals surface area contributed by atoms with Gasteiger partial charge in [-0.3, -0.25) is 9.59 Å². The monoisotopic (exact) mass is 422 g/mol. The smallest absolute Gasteiger partial charge is 0.258 e. The third-order valence-electron chi connectivity index (χ3n) is 5.30. The number of aliphatic hydroxyl groups is 1. The van der Waals surface area contributed by atoms with Crippen LogP contribution >= 0.6 is 0 Å². The van der Waals surface area contributed by atoms with E-state index in [0.717, 1.165) is 35.6 Å². The minimum atomic E-state index is -0.429. The van der Waals surface area contributed by atoms with Crippen molar-refractivity contribution in [2.75, 3.05) is 20.2 Å². The number of carbonyl (C=O) groups excluding carboxylic acids is 2. The van der Waals surface area contributed by atoms with E-state index < -0.39 is 11.8 Å². The number of phenolic OH excluding ortho intramolecular Hbond substituents is 2. The van der Waals surface area contributed by atoms with Crippen molar-refractivity contribution in [1.82, 2.24) is 9.80 Å². The van der Waals surface area contributed by atoms with Crippen LogP contribution in [0, 0.1) is 11.8 Å². The molecule has 0 aliphatic carbocycles. The van der Waals surface area contributed by atoms with E-state index in [1.165, 1.54) is 11.0 Å². The Kier molecular flexibility index (Phi) is 6.83. The fraction of sp³-hybridized carbons (Fsp3) is 0.333. The molecule has 2 aromatic rings. The molecule has 0 saturated carbocycles. The molecule has 1 aliphatic heterocycles. The zero-order valence-electron chi connectivity index (χ0n) is 17.7. The van der Waals surface area contributed by atoms with Crippen molar-refractivity contribution in [3.05, 3.63) is 58.1 Å². The molecule has 0 saturated heterocycles. The third-order valence-corrected chi connectivity index (χ3v) is 5.30. The fourth-order valence-corrected chi connectivity index (χ4v) is 3.55. The molecule has 0 spiro atoms. The number of benzene rings is 2. The molecular formula is C24H26N2O5. The molecule has 0 aromatic heterocycles. The largest absolute Gasteiger partial charge is 0.507 e. The lowest BCUT2D eigenvalue weighted by Crippen LogP contribution is -2.29. The van der Waals surface area contributed by atoms with Gasteiger partial charge >= 0.3 is 0 Å². The van der Waals surface area contributed by atoms with Crippen molar-refractivity contribution < 1.29 is 24.9 Å². The van der Waals surface area contributed by atoms with Crippen molar-refractivity contribution in [2.24, 2.45) is 0 Å². The van der Waals surface area contributed by atoms with E-state index in [-0.39, 0.29) is 29.2 Å². The summed E-state index contributed by atoms with van der Waals surface area (Å²) in [4.78, 5) is 28.9. The van der Waals surface area contributed by atoms with Crippen LogP contribution in [0.4, 0.5) is 0 Å². The van der Waals surface area contributed by atoms with Crippen molar-refractivity contribution >= 4 is 11.8 Å². The van der Waals surface area contributed by atoms with Gasteiger partial charge in [-0.05, 0) is 35.7 Å². The predicted molar refractivity (Wildman–Crippen MR) is 116 cm³/mol. The number of amides is 2. The van der Waals surface area contributed by atoms with E-state index in [1.807, 2.05) is 25.1 Å². The highest BCUT2D eigenvalue weighted by atomic mass is 16.3. The molecule has 3 N–H and O–H groups in total. The summed E-state index contributed by atoms with van der Waals surface area (Å²) in [6.07, 6.45) is 1.75. The van der Waals surface area contributed by atoms with Crippen LogP contribution < -0.4 is 0 Å². The van der Waals surface area contributed by atoms with Crippen LogP contribution in [0.3, 0.4) is 0 Å². The van der Waals surface area contributed by atoms with Gasteiger partial charge in [-0.1, -0.05) is 31.3 Å². The topological polar surface area (TPSA) is 101 Å². The summed E-state index contributed by atoms with van der Waals surface area (Å²) in [5, 5.41) is 29.3. The number of phenols is 2. The lowest BCUT2D eigenvalue weighted by Gasteiger charge is -2.20. The Labute approximate surface area is 181 Å². The van der Waals surface area contributed by atoms with Crippen LogP contribution in [-0.4, -0.2) is 57.1 Å². The molecule has 0 bridgehead atoms. The Hall–Kier alpha value is -3.50. The SMILES string of the molecule is CCCCN(C)C(=O)c1cc(C(=O)N2Cc3ccc(C#CCO)cc3C2)c(O)cc1O. The highest BCUT2D eigenvalue weighted by Gasteiger charge is 2.28. The predicted octanol–water partition coefficient (Wildman–Crippen LogP) is 2.47. The molecule has 162 valence electrons. The summed E-state index contributed by atoms with van der Waals surface area (Å²) in [6.45, 7) is 3.02. The number of rotatable bonds is 5. The first kappa shape index (κ1) is 22.2. The second-order valence-corrected chi connectivity index (χ2v) is 7.57. The van der Waals surface area contributed by atoms with E-state index >= 15 is 0 Å². The molecule has 0 atom stereocenters. The minimum absolute atomic E-state index is 0.0157. The summed E-state index contributed by atoms with van der Waals surface area (Å²) in [6, 6.07) is 7.90. The Morgan fingerprint density at radius 3 is 2.48 bits per heavy atom. The molecule has 0 unspecified atom stereocenters. The van der Waals surface area contributed by atoms with Crippen LogP contribution in [0.5, 0.6) is 11.5 Å². The average Bonchev–Trinajstić information content (AvgIpc) is 3.18. The summed E-state index contributed by atoms with van der Waals surface area (Å²) in [7, 11) is 1.64. The van der Waals surface area contributed by atoms with Gasteiger partial charge in [-0.15, -0.1) is 0 Å². The number of aliphatic hydroxyl groups excluding tert-OH is 1. The van der Waals surface area contributed by atoms with Crippen LogP contribution in [0.15, 0.2) is 30.3 Å². The molecule has 2 aromatic carbocycles. The molecule has 1 heterocycles. The van der Waals surface area contributed by atoms with Gasteiger partial charge in [0.2, 0.25) is 0 Å². The average molecular weight is 422 g/mol. The zero-order valence-corrected chi connectivity index (χ0v) is 17.7. The molecular weight excluding hydrogens is 396 g/mol. The van der Waals surface area contributed by atoms with E-state index in [1.54, 1.807) is 11.9 Å². The Bertz CT molecular complexity index is 1070. The number of aromatic hydroxyl groups is 2. The molecule has 3 rings (SSSR count). The van der Waals surface area contributed by atoms with Crippen molar-refractivity contribution in [3.63, 3.8) is 0 Å². The lowest BCUT2D eigenvalue weighted by molar-refractivity contribution is 0.0748. The highest BCUT2D eigenvalue weighted by Crippen LogP contribution is 2.32. The van der Waals surface area contributed by atoms with E-state index in [9.17, 15) is 19.8 Å². The van der Waals surface area contributed by atoms with Crippen LogP contribution in [0.25, 0.3) is 0 Å².